The van der Waals surface area contributed by atoms with Crippen LogP contribution in [0.3, 0.4) is 0 Å². The van der Waals surface area contributed by atoms with Crippen LogP contribution in [0.25, 0.3) is 12.2 Å². The molecule has 188 valence electrons. The third-order valence-corrected chi connectivity index (χ3v) is 8.37. The molecule has 3 aromatic rings. The molecule has 0 fully saturated rings. The van der Waals surface area contributed by atoms with E-state index in [2.05, 4.69) is 30.8 Å². The topological polar surface area (TPSA) is 60.4 Å². The predicted octanol–water partition coefficient (Wildman–Crippen LogP) is 7.46. The van der Waals surface area contributed by atoms with E-state index in [1.165, 1.54) is 4.90 Å². The number of rotatable bonds is 13. The van der Waals surface area contributed by atoms with Crippen LogP contribution in [0.15, 0.2) is 106 Å². The standard InChI is InChI=1S/C30H32O4S2/c1-24(2)30(31)34-22-8-3-4-9-23-35-27-18-14-25(15-19-27)12-13-26-16-20-29(21-17-26)36(32,33)28-10-6-5-7-11-28/h5-7,10-21H,1,3-4,8-9,22-23H2,2H3. The van der Waals surface area contributed by atoms with E-state index in [1.54, 1.807) is 49.4 Å². The molecule has 0 aliphatic rings. The molecular weight excluding hydrogens is 488 g/mol. The molecule has 3 aromatic carbocycles. The van der Waals surface area contributed by atoms with Crippen molar-refractivity contribution in [3.8, 4) is 0 Å². The second-order valence-corrected chi connectivity index (χ2v) is 11.6. The van der Waals surface area contributed by atoms with E-state index in [0.29, 0.717) is 22.0 Å². The maximum atomic E-state index is 12.7. The second-order valence-electron chi connectivity index (χ2n) is 8.47. The third-order valence-electron chi connectivity index (χ3n) is 5.48. The fraction of sp³-hybridized carbons (Fsp3) is 0.233. The zero-order valence-electron chi connectivity index (χ0n) is 20.6. The monoisotopic (exact) mass is 520 g/mol. The first-order valence-electron chi connectivity index (χ1n) is 12.0. The molecule has 3 rings (SSSR count). The average Bonchev–Trinajstić information content (AvgIpc) is 2.90. The van der Waals surface area contributed by atoms with Crippen molar-refractivity contribution in [1.82, 2.24) is 0 Å². The summed E-state index contributed by atoms with van der Waals surface area (Å²) < 4.78 is 30.5. The van der Waals surface area contributed by atoms with Gasteiger partial charge in [0.05, 0.1) is 16.4 Å². The van der Waals surface area contributed by atoms with E-state index >= 15 is 0 Å². The van der Waals surface area contributed by atoms with Crippen LogP contribution in [0.5, 0.6) is 0 Å². The minimum absolute atomic E-state index is 0.290. The van der Waals surface area contributed by atoms with Crippen LogP contribution in [-0.2, 0) is 19.4 Å². The zero-order chi connectivity index (χ0) is 25.8. The third kappa shape index (κ3) is 8.54. The Bertz CT molecular complexity index is 1260. The molecule has 0 aliphatic heterocycles. The Balaban J connectivity index is 1.40. The quantitative estimate of drug-likeness (QED) is 0.0769. The van der Waals surface area contributed by atoms with Crippen LogP contribution < -0.4 is 0 Å². The minimum Gasteiger partial charge on any atom is -0.462 e. The van der Waals surface area contributed by atoms with Gasteiger partial charge in [0.1, 0.15) is 0 Å². The van der Waals surface area contributed by atoms with Crippen LogP contribution in [0.2, 0.25) is 0 Å². The number of hydrogen-bond donors (Lipinski definition) is 0. The van der Waals surface area contributed by atoms with E-state index in [9.17, 15) is 13.2 Å². The lowest BCUT2D eigenvalue weighted by Crippen LogP contribution is -2.06. The molecule has 0 atom stereocenters. The van der Waals surface area contributed by atoms with Crippen LogP contribution in [0.1, 0.15) is 43.7 Å². The predicted molar refractivity (Wildman–Crippen MR) is 149 cm³/mol. The Hall–Kier alpha value is -3.09. The fourth-order valence-electron chi connectivity index (χ4n) is 3.40. The van der Waals surface area contributed by atoms with E-state index in [-0.39, 0.29) is 5.97 Å². The summed E-state index contributed by atoms with van der Waals surface area (Å²) in [7, 11) is -3.50. The maximum absolute atomic E-state index is 12.7. The molecule has 0 radical (unpaired) electrons. The molecule has 0 aliphatic carbocycles. The highest BCUT2D eigenvalue weighted by Crippen LogP contribution is 2.23. The highest BCUT2D eigenvalue weighted by atomic mass is 32.2. The van der Waals surface area contributed by atoms with Crippen molar-refractivity contribution in [2.75, 3.05) is 12.4 Å². The highest BCUT2D eigenvalue weighted by molar-refractivity contribution is 7.99. The van der Waals surface area contributed by atoms with Crippen molar-refractivity contribution >= 4 is 39.7 Å². The Morgan fingerprint density at radius 3 is 1.97 bits per heavy atom. The van der Waals surface area contributed by atoms with Crippen LogP contribution >= 0.6 is 11.8 Å². The summed E-state index contributed by atoms with van der Waals surface area (Å²) in [4.78, 5) is 13.1. The molecule has 6 heteroatoms. The molecule has 0 N–H and O–H groups in total. The van der Waals surface area contributed by atoms with Crippen LogP contribution in [0, 0.1) is 0 Å². The molecule has 36 heavy (non-hydrogen) atoms. The van der Waals surface area contributed by atoms with Crippen molar-refractivity contribution in [2.24, 2.45) is 0 Å². The fourth-order valence-corrected chi connectivity index (χ4v) is 5.59. The van der Waals surface area contributed by atoms with Crippen molar-refractivity contribution in [3.05, 3.63) is 102 Å². The van der Waals surface area contributed by atoms with Gasteiger partial charge < -0.3 is 4.74 Å². The summed E-state index contributed by atoms with van der Waals surface area (Å²) >= 11 is 1.84. The first-order chi connectivity index (χ1) is 17.4. The smallest absolute Gasteiger partial charge is 0.333 e. The number of esters is 1. The summed E-state index contributed by atoms with van der Waals surface area (Å²) in [5.74, 6) is 0.745. The van der Waals surface area contributed by atoms with Gasteiger partial charge in [-0.2, -0.15) is 0 Å². The molecule has 0 bridgehead atoms. The van der Waals surface area contributed by atoms with Gasteiger partial charge in [0, 0.05) is 10.5 Å². The van der Waals surface area contributed by atoms with E-state index in [0.717, 1.165) is 42.6 Å². The van der Waals surface area contributed by atoms with Crippen molar-refractivity contribution in [2.45, 2.75) is 47.3 Å². The highest BCUT2D eigenvalue weighted by Gasteiger charge is 2.16. The molecule has 0 saturated carbocycles. The van der Waals surface area contributed by atoms with Crippen molar-refractivity contribution < 1.29 is 17.9 Å². The lowest BCUT2D eigenvalue weighted by molar-refractivity contribution is -0.139. The largest absolute Gasteiger partial charge is 0.462 e. The average molecular weight is 521 g/mol. The van der Waals surface area contributed by atoms with Crippen molar-refractivity contribution in [1.29, 1.82) is 0 Å². The minimum atomic E-state index is -3.50. The van der Waals surface area contributed by atoms with Crippen molar-refractivity contribution in [3.63, 3.8) is 0 Å². The SMILES string of the molecule is C=C(C)C(=O)OCCCCCCSc1ccc(C=Cc2ccc(S(=O)(=O)c3ccccc3)cc2)cc1. The molecular formula is C30H32O4S2. The maximum Gasteiger partial charge on any atom is 0.333 e. The first-order valence-corrected chi connectivity index (χ1v) is 14.5. The number of hydrogen-bond acceptors (Lipinski definition) is 5. The van der Waals surface area contributed by atoms with Crippen LogP contribution in [0.4, 0.5) is 0 Å². The van der Waals surface area contributed by atoms with Gasteiger partial charge in [-0.05, 0) is 73.0 Å². The first kappa shape index (κ1) is 27.5. The lowest BCUT2D eigenvalue weighted by Gasteiger charge is -2.05. The van der Waals surface area contributed by atoms with E-state index < -0.39 is 9.84 Å². The Kier molecular flexibility index (Phi) is 10.6. The number of thioether (sulfide) groups is 1. The van der Waals surface area contributed by atoms with E-state index in [1.807, 2.05) is 36.0 Å². The Labute approximate surface area is 219 Å². The summed E-state index contributed by atoms with van der Waals surface area (Å²) in [6.07, 6.45) is 8.17. The lowest BCUT2D eigenvalue weighted by atomic mass is 10.1. The number of sulfone groups is 1. The molecule has 0 aromatic heterocycles. The molecule has 0 saturated heterocycles. The van der Waals surface area contributed by atoms with Gasteiger partial charge in [-0.15, -0.1) is 11.8 Å². The summed E-state index contributed by atoms with van der Waals surface area (Å²) in [5.41, 5.74) is 2.47. The molecule has 0 amide bonds. The Morgan fingerprint density at radius 2 is 1.36 bits per heavy atom. The van der Waals surface area contributed by atoms with Gasteiger partial charge in [0.15, 0.2) is 0 Å². The number of carbonyl (C=O) groups excluding carboxylic acids is 1. The summed E-state index contributed by atoms with van der Waals surface area (Å²) in [6, 6.07) is 23.8. The zero-order valence-corrected chi connectivity index (χ0v) is 22.2. The molecule has 0 spiro atoms. The normalized spacial score (nSPS) is 11.5. The number of unbranched alkanes of at least 4 members (excludes halogenated alkanes) is 3. The second kappa shape index (κ2) is 13.9. The molecule has 4 nitrogen and oxygen atoms in total. The number of ether oxygens (including phenoxy) is 1. The number of carbonyl (C=O) groups is 1. The Morgan fingerprint density at radius 1 is 0.806 bits per heavy atom. The van der Waals surface area contributed by atoms with E-state index in [4.69, 9.17) is 4.74 Å². The van der Waals surface area contributed by atoms with Gasteiger partial charge >= 0.3 is 5.97 Å². The van der Waals surface area contributed by atoms with Crippen LogP contribution in [-0.4, -0.2) is 26.7 Å². The summed E-state index contributed by atoms with van der Waals surface area (Å²) in [5, 5.41) is 0. The van der Waals surface area contributed by atoms with Gasteiger partial charge in [0.2, 0.25) is 9.84 Å². The van der Waals surface area contributed by atoms with Gasteiger partial charge in [-0.3, -0.25) is 0 Å². The van der Waals surface area contributed by atoms with Gasteiger partial charge in [0.25, 0.3) is 0 Å². The van der Waals surface area contributed by atoms with Gasteiger partial charge in [-0.1, -0.05) is 74.0 Å². The molecule has 0 unspecified atom stereocenters. The molecule has 0 heterocycles. The summed E-state index contributed by atoms with van der Waals surface area (Å²) in [6.45, 7) is 5.69. The number of benzene rings is 3. The van der Waals surface area contributed by atoms with Gasteiger partial charge in [-0.25, -0.2) is 13.2 Å².